The summed E-state index contributed by atoms with van der Waals surface area (Å²) in [5.41, 5.74) is 2.08. The molecule has 0 atom stereocenters. The quantitative estimate of drug-likeness (QED) is 0.820. The van der Waals surface area contributed by atoms with E-state index < -0.39 is 5.97 Å². The minimum atomic E-state index is -0.876. The maximum Gasteiger partial charge on any atom is 0.345 e. The Kier molecular flexibility index (Phi) is 5.41. The topological polar surface area (TPSA) is 67.8 Å². The lowest BCUT2D eigenvalue weighted by molar-refractivity contribution is 0.0702. The molecule has 0 unspecified atom stereocenters. The highest BCUT2D eigenvalue weighted by Gasteiger charge is 2.11. The van der Waals surface area contributed by atoms with Crippen LogP contribution in [0.1, 0.15) is 25.7 Å². The Balaban J connectivity index is 1.98. The van der Waals surface area contributed by atoms with Gasteiger partial charge in [-0.25, -0.2) is 4.79 Å². The second-order valence-electron chi connectivity index (χ2n) is 4.81. The highest BCUT2D eigenvalue weighted by molar-refractivity contribution is 7.14. The standard InChI is InChI=1S/C16H19NO4S/c1-10-6-14(16(18)19)22-15(10)9-17-8-11-4-5-12(20-2)13(7-11)21-3/h4-7,17H,8-9H2,1-3H3,(H,18,19). The summed E-state index contributed by atoms with van der Waals surface area (Å²) >= 11 is 1.31. The van der Waals surface area contributed by atoms with E-state index in [1.807, 2.05) is 25.1 Å². The Morgan fingerprint density at radius 1 is 1.18 bits per heavy atom. The smallest absolute Gasteiger partial charge is 0.345 e. The van der Waals surface area contributed by atoms with Crippen LogP contribution in [0.5, 0.6) is 11.5 Å². The van der Waals surface area contributed by atoms with Crippen molar-refractivity contribution in [2.24, 2.45) is 0 Å². The first kappa shape index (κ1) is 16.3. The molecule has 0 aliphatic heterocycles. The van der Waals surface area contributed by atoms with Gasteiger partial charge >= 0.3 is 5.97 Å². The number of rotatable bonds is 7. The van der Waals surface area contributed by atoms with Gasteiger partial charge in [-0.3, -0.25) is 0 Å². The second-order valence-corrected chi connectivity index (χ2v) is 5.95. The average molecular weight is 321 g/mol. The van der Waals surface area contributed by atoms with Crippen LogP contribution >= 0.6 is 11.3 Å². The van der Waals surface area contributed by atoms with E-state index in [9.17, 15) is 4.79 Å². The van der Waals surface area contributed by atoms with Crippen LogP contribution in [-0.2, 0) is 13.1 Å². The van der Waals surface area contributed by atoms with Crippen LogP contribution in [0.3, 0.4) is 0 Å². The van der Waals surface area contributed by atoms with Crippen LogP contribution in [0.15, 0.2) is 24.3 Å². The number of aromatic carboxylic acids is 1. The van der Waals surface area contributed by atoms with Gasteiger partial charge in [-0.1, -0.05) is 6.07 Å². The van der Waals surface area contributed by atoms with Crippen molar-refractivity contribution < 1.29 is 19.4 Å². The lowest BCUT2D eigenvalue weighted by Gasteiger charge is -2.10. The summed E-state index contributed by atoms with van der Waals surface area (Å²) in [6.07, 6.45) is 0. The van der Waals surface area contributed by atoms with Gasteiger partial charge in [0.25, 0.3) is 0 Å². The lowest BCUT2D eigenvalue weighted by Crippen LogP contribution is -2.12. The van der Waals surface area contributed by atoms with Crippen molar-refractivity contribution in [3.63, 3.8) is 0 Å². The maximum absolute atomic E-state index is 11.0. The number of carboxylic acid groups (broad SMARTS) is 1. The summed E-state index contributed by atoms with van der Waals surface area (Å²) in [4.78, 5) is 12.4. The van der Waals surface area contributed by atoms with E-state index in [2.05, 4.69) is 5.32 Å². The molecule has 5 nitrogen and oxygen atoms in total. The molecule has 0 amide bonds. The number of carboxylic acids is 1. The van der Waals surface area contributed by atoms with Gasteiger partial charge < -0.3 is 19.9 Å². The average Bonchev–Trinajstić information content (AvgIpc) is 2.88. The van der Waals surface area contributed by atoms with Gasteiger partial charge in [0.1, 0.15) is 4.88 Å². The number of hydrogen-bond donors (Lipinski definition) is 2. The van der Waals surface area contributed by atoms with E-state index in [-0.39, 0.29) is 0 Å². The molecule has 1 heterocycles. The number of benzene rings is 1. The fraction of sp³-hybridized carbons (Fsp3) is 0.312. The van der Waals surface area contributed by atoms with Crippen molar-refractivity contribution in [3.05, 3.63) is 45.1 Å². The summed E-state index contributed by atoms with van der Waals surface area (Å²) in [5.74, 6) is 0.521. The van der Waals surface area contributed by atoms with E-state index in [4.69, 9.17) is 14.6 Å². The van der Waals surface area contributed by atoms with E-state index in [0.29, 0.717) is 29.5 Å². The van der Waals surface area contributed by atoms with Crippen LogP contribution in [0.25, 0.3) is 0 Å². The van der Waals surface area contributed by atoms with Crippen LogP contribution in [-0.4, -0.2) is 25.3 Å². The molecular formula is C16H19NO4S. The van der Waals surface area contributed by atoms with E-state index in [0.717, 1.165) is 16.0 Å². The van der Waals surface area contributed by atoms with Gasteiger partial charge in [-0.05, 0) is 36.2 Å². The van der Waals surface area contributed by atoms with Gasteiger partial charge in [-0.15, -0.1) is 11.3 Å². The number of methoxy groups -OCH3 is 2. The molecule has 0 saturated heterocycles. The largest absolute Gasteiger partial charge is 0.493 e. The highest BCUT2D eigenvalue weighted by Crippen LogP contribution is 2.27. The number of ether oxygens (including phenoxy) is 2. The molecule has 0 aliphatic rings. The first-order valence-corrected chi connectivity index (χ1v) is 7.61. The molecule has 0 fully saturated rings. The lowest BCUT2D eigenvalue weighted by atomic mass is 10.2. The third-order valence-corrected chi connectivity index (χ3v) is 4.52. The minimum Gasteiger partial charge on any atom is -0.493 e. The fourth-order valence-electron chi connectivity index (χ4n) is 2.11. The zero-order valence-electron chi connectivity index (χ0n) is 12.8. The fourth-order valence-corrected chi connectivity index (χ4v) is 3.09. The SMILES string of the molecule is COc1ccc(CNCc2sc(C(=O)O)cc2C)cc1OC. The summed E-state index contributed by atoms with van der Waals surface area (Å²) in [6.45, 7) is 3.23. The van der Waals surface area contributed by atoms with Crippen LogP contribution in [0.4, 0.5) is 0 Å². The molecule has 6 heteroatoms. The Morgan fingerprint density at radius 2 is 1.91 bits per heavy atom. The summed E-state index contributed by atoms with van der Waals surface area (Å²) in [6, 6.07) is 7.48. The first-order valence-electron chi connectivity index (χ1n) is 6.79. The molecule has 0 spiro atoms. The van der Waals surface area contributed by atoms with Crippen molar-refractivity contribution in [3.8, 4) is 11.5 Å². The van der Waals surface area contributed by atoms with Gasteiger partial charge in [0.2, 0.25) is 0 Å². The van der Waals surface area contributed by atoms with E-state index in [1.165, 1.54) is 11.3 Å². The first-order chi connectivity index (χ1) is 10.5. The Morgan fingerprint density at radius 3 is 2.50 bits per heavy atom. The molecule has 2 N–H and O–H groups in total. The summed E-state index contributed by atoms with van der Waals surface area (Å²) < 4.78 is 10.5. The third kappa shape index (κ3) is 3.78. The number of aryl methyl sites for hydroxylation is 1. The van der Waals surface area contributed by atoms with Crippen molar-refractivity contribution in [2.75, 3.05) is 14.2 Å². The molecule has 1 aromatic carbocycles. The van der Waals surface area contributed by atoms with E-state index >= 15 is 0 Å². The van der Waals surface area contributed by atoms with Crippen molar-refractivity contribution >= 4 is 17.3 Å². The molecule has 0 saturated carbocycles. The molecule has 0 bridgehead atoms. The zero-order valence-corrected chi connectivity index (χ0v) is 13.6. The zero-order chi connectivity index (χ0) is 16.1. The molecule has 2 rings (SSSR count). The molecule has 0 aliphatic carbocycles. The third-order valence-electron chi connectivity index (χ3n) is 3.29. The van der Waals surface area contributed by atoms with Crippen molar-refractivity contribution in [1.29, 1.82) is 0 Å². The van der Waals surface area contributed by atoms with Crippen molar-refractivity contribution in [2.45, 2.75) is 20.0 Å². The van der Waals surface area contributed by atoms with Crippen LogP contribution in [0, 0.1) is 6.92 Å². The molecule has 118 valence electrons. The Labute approximate surface area is 133 Å². The number of hydrogen-bond acceptors (Lipinski definition) is 5. The van der Waals surface area contributed by atoms with Crippen molar-refractivity contribution in [1.82, 2.24) is 5.32 Å². The highest BCUT2D eigenvalue weighted by atomic mass is 32.1. The molecular weight excluding hydrogens is 302 g/mol. The number of nitrogens with one attached hydrogen (secondary N) is 1. The molecule has 1 aromatic heterocycles. The van der Waals surface area contributed by atoms with Gasteiger partial charge in [0.15, 0.2) is 11.5 Å². The minimum absolute atomic E-state index is 0.375. The van der Waals surface area contributed by atoms with Gasteiger partial charge in [-0.2, -0.15) is 0 Å². The maximum atomic E-state index is 11.0. The van der Waals surface area contributed by atoms with Gasteiger partial charge in [0.05, 0.1) is 14.2 Å². The second kappa shape index (κ2) is 7.29. The number of carbonyl (C=O) groups is 1. The van der Waals surface area contributed by atoms with Gasteiger partial charge in [0, 0.05) is 18.0 Å². The number of thiophene rings is 1. The van der Waals surface area contributed by atoms with Crippen LogP contribution in [0.2, 0.25) is 0 Å². The Bertz CT molecular complexity index is 666. The molecule has 2 aromatic rings. The summed E-state index contributed by atoms with van der Waals surface area (Å²) in [5, 5.41) is 12.3. The monoisotopic (exact) mass is 321 g/mol. The normalized spacial score (nSPS) is 10.5. The summed E-state index contributed by atoms with van der Waals surface area (Å²) in [7, 11) is 3.22. The predicted molar refractivity (Wildman–Crippen MR) is 86.1 cm³/mol. The van der Waals surface area contributed by atoms with E-state index in [1.54, 1.807) is 20.3 Å². The predicted octanol–water partition coefficient (Wildman–Crippen LogP) is 3.06. The Hall–Kier alpha value is -2.05. The molecule has 0 radical (unpaired) electrons. The molecule has 22 heavy (non-hydrogen) atoms. The van der Waals surface area contributed by atoms with Crippen LogP contribution < -0.4 is 14.8 Å².